The second-order valence-corrected chi connectivity index (χ2v) is 8.40. The van der Waals surface area contributed by atoms with E-state index < -0.39 is 11.2 Å². The summed E-state index contributed by atoms with van der Waals surface area (Å²) in [5.41, 5.74) is 1.70. The molecular formula is C25H24N2O5. The minimum Gasteiger partial charge on any atom is -0.479 e. The summed E-state index contributed by atoms with van der Waals surface area (Å²) in [5, 5.41) is 3.95. The monoisotopic (exact) mass is 432 g/mol. The Morgan fingerprint density at radius 3 is 2.44 bits per heavy atom. The van der Waals surface area contributed by atoms with Gasteiger partial charge < -0.3 is 24.1 Å². The lowest BCUT2D eigenvalue weighted by Gasteiger charge is -2.32. The Morgan fingerprint density at radius 1 is 0.969 bits per heavy atom. The molecule has 7 nitrogen and oxygen atoms in total. The maximum Gasteiger partial charge on any atom is 0.336 e. The molecule has 0 bridgehead atoms. The van der Waals surface area contributed by atoms with Gasteiger partial charge in [0.05, 0.1) is 24.4 Å². The van der Waals surface area contributed by atoms with Gasteiger partial charge in [0, 0.05) is 42.1 Å². The van der Waals surface area contributed by atoms with E-state index in [4.69, 9.17) is 13.9 Å². The van der Waals surface area contributed by atoms with Crippen LogP contribution in [0.5, 0.6) is 5.75 Å². The van der Waals surface area contributed by atoms with Crippen molar-refractivity contribution < 1.29 is 18.7 Å². The molecule has 1 aromatic heterocycles. The molecule has 2 aliphatic heterocycles. The van der Waals surface area contributed by atoms with E-state index in [0.717, 1.165) is 43.1 Å². The average molecular weight is 432 g/mol. The fourth-order valence-electron chi connectivity index (χ4n) is 4.10. The van der Waals surface area contributed by atoms with Crippen molar-refractivity contribution in [3.05, 3.63) is 70.7 Å². The summed E-state index contributed by atoms with van der Waals surface area (Å²) >= 11 is 0. The van der Waals surface area contributed by atoms with Crippen molar-refractivity contribution in [2.75, 3.05) is 36.5 Å². The summed E-state index contributed by atoms with van der Waals surface area (Å²) < 4.78 is 16.8. The number of nitrogens with zero attached hydrogens (tertiary/aromatic N) is 1. The molecule has 2 aromatic carbocycles. The number of hydrogen-bond acceptors (Lipinski definition) is 7. The number of hydrogen-bond donors (Lipinski definition) is 1. The predicted molar refractivity (Wildman–Crippen MR) is 123 cm³/mol. The molecule has 2 aliphatic rings. The molecule has 5 rings (SSSR count). The number of Topliss-reactive ketones (excluding diaryl/α,β-unsaturated/α-hetero) is 1. The first-order valence-corrected chi connectivity index (χ1v) is 10.6. The molecule has 164 valence electrons. The Balaban J connectivity index is 1.51. The first kappa shape index (κ1) is 20.3. The zero-order valence-corrected chi connectivity index (χ0v) is 18.0. The maximum absolute atomic E-state index is 13.2. The molecule has 0 spiro atoms. The molecule has 0 unspecified atom stereocenters. The van der Waals surface area contributed by atoms with E-state index in [-0.39, 0.29) is 5.78 Å². The molecule has 0 amide bonds. The summed E-state index contributed by atoms with van der Waals surface area (Å²) in [4.78, 5) is 27.4. The topological polar surface area (TPSA) is 81.0 Å². The van der Waals surface area contributed by atoms with Crippen molar-refractivity contribution in [2.45, 2.75) is 19.4 Å². The highest BCUT2D eigenvalue weighted by molar-refractivity contribution is 6.28. The lowest BCUT2D eigenvalue weighted by Crippen LogP contribution is -2.42. The van der Waals surface area contributed by atoms with Gasteiger partial charge in [0.25, 0.3) is 0 Å². The Morgan fingerprint density at radius 2 is 1.69 bits per heavy atom. The summed E-state index contributed by atoms with van der Waals surface area (Å²) in [7, 11) is 0. The Hall–Kier alpha value is -3.58. The molecule has 1 saturated heterocycles. The van der Waals surface area contributed by atoms with Gasteiger partial charge in [-0.15, -0.1) is 0 Å². The number of ketones is 1. The van der Waals surface area contributed by atoms with Crippen LogP contribution in [-0.4, -0.2) is 37.7 Å². The quantitative estimate of drug-likeness (QED) is 0.498. The van der Waals surface area contributed by atoms with Gasteiger partial charge in [0.1, 0.15) is 11.3 Å². The third-order valence-electron chi connectivity index (χ3n) is 5.80. The van der Waals surface area contributed by atoms with Crippen molar-refractivity contribution >= 4 is 33.7 Å². The standard InChI is InChI=1S/C25H24N2O5/c1-25(2)24(29)19(22-20(32-25)9-3-16-4-10-21(28)31-23(16)22)15-26-17-5-7-18(8-6-17)27-11-13-30-14-12-27/h3-10,15,26H,11-14H2,1-2H3/b19-15+. The number of anilines is 2. The fraction of sp³-hybridized carbons (Fsp3) is 0.280. The fourth-order valence-corrected chi connectivity index (χ4v) is 4.10. The van der Waals surface area contributed by atoms with Crippen molar-refractivity contribution in [2.24, 2.45) is 0 Å². The number of benzene rings is 2. The number of rotatable bonds is 3. The second-order valence-electron chi connectivity index (χ2n) is 8.40. The zero-order valence-electron chi connectivity index (χ0n) is 18.0. The highest BCUT2D eigenvalue weighted by Gasteiger charge is 2.40. The number of nitrogens with one attached hydrogen (secondary N) is 1. The van der Waals surface area contributed by atoms with E-state index in [1.807, 2.05) is 30.3 Å². The van der Waals surface area contributed by atoms with Crippen molar-refractivity contribution in [1.82, 2.24) is 0 Å². The number of fused-ring (bicyclic) bond motifs is 3. The van der Waals surface area contributed by atoms with Gasteiger partial charge in [-0.25, -0.2) is 4.79 Å². The van der Waals surface area contributed by atoms with Crippen LogP contribution in [0.4, 0.5) is 11.4 Å². The van der Waals surface area contributed by atoms with E-state index in [0.29, 0.717) is 22.5 Å². The van der Waals surface area contributed by atoms with Crippen LogP contribution in [-0.2, 0) is 9.53 Å². The summed E-state index contributed by atoms with van der Waals surface area (Å²) in [6, 6.07) is 14.7. The van der Waals surface area contributed by atoms with E-state index in [2.05, 4.69) is 10.2 Å². The first-order valence-electron chi connectivity index (χ1n) is 10.6. The Bertz CT molecular complexity index is 1270. The third-order valence-corrected chi connectivity index (χ3v) is 5.80. The minimum absolute atomic E-state index is 0.193. The maximum atomic E-state index is 13.2. The van der Waals surface area contributed by atoms with E-state index in [1.54, 1.807) is 32.2 Å². The van der Waals surface area contributed by atoms with Gasteiger partial charge in [0.15, 0.2) is 5.60 Å². The number of carbonyl (C=O) groups excluding carboxylic acids is 1. The van der Waals surface area contributed by atoms with Crippen LogP contribution in [0.25, 0.3) is 16.5 Å². The third kappa shape index (κ3) is 3.65. The van der Waals surface area contributed by atoms with Crippen LogP contribution < -0.4 is 20.6 Å². The van der Waals surface area contributed by atoms with Crippen LogP contribution in [0, 0.1) is 0 Å². The van der Waals surface area contributed by atoms with Crippen LogP contribution in [0.1, 0.15) is 19.4 Å². The van der Waals surface area contributed by atoms with Gasteiger partial charge in [-0.3, -0.25) is 4.79 Å². The van der Waals surface area contributed by atoms with E-state index in [1.165, 1.54) is 6.07 Å². The number of ether oxygens (including phenoxy) is 2. The second kappa shape index (κ2) is 7.84. The molecule has 3 aromatic rings. The number of morpholine rings is 1. The highest BCUT2D eigenvalue weighted by atomic mass is 16.5. The molecule has 3 heterocycles. The van der Waals surface area contributed by atoms with Crippen molar-refractivity contribution in [3.63, 3.8) is 0 Å². The lowest BCUT2D eigenvalue weighted by atomic mass is 9.87. The van der Waals surface area contributed by atoms with Crippen molar-refractivity contribution in [1.29, 1.82) is 0 Å². The number of carbonyl (C=O) groups is 1. The molecule has 32 heavy (non-hydrogen) atoms. The van der Waals surface area contributed by atoms with Crippen LogP contribution in [0.2, 0.25) is 0 Å². The Kier molecular flexibility index (Phi) is 4.98. The normalized spacial score (nSPS) is 19.0. The van der Waals surface area contributed by atoms with Gasteiger partial charge in [-0.1, -0.05) is 0 Å². The molecular weight excluding hydrogens is 408 g/mol. The van der Waals surface area contributed by atoms with Gasteiger partial charge in [-0.05, 0) is 56.3 Å². The van der Waals surface area contributed by atoms with Gasteiger partial charge in [-0.2, -0.15) is 0 Å². The van der Waals surface area contributed by atoms with Crippen LogP contribution >= 0.6 is 0 Å². The SMILES string of the molecule is CC1(C)Oc2ccc3ccc(=O)oc3c2/C(=C\Nc2ccc(N3CCOCC3)cc2)C1=O. The lowest BCUT2D eigenvalue weighted by molar-refractivity contribution is -0.126. The minimum atomic E-state index is -1.04. The molecule has 0 atom stereocenters. The summed E-state index contributed by atoms with van der Waals surface area (Å²) in [6.07, 6.45) is 1.67. The smallest absolute Gasteiger partial charge is 0.336 e. The molecule has 1 fully saturated rings. The van der Waals surface area contributed by atoms with E-state index in [9.17, 15) is 9.59 Å². The predicted octanol–water partition coefficient (Wildman–Crippen LogP) is 3.82. The summed E-state index contributed by atoms with van der Waals surface area (Å²) in [6.45, 7) is 6.67. The van der Waals surface area contributed by atoms with Crippen LogP contribution in [0.3, 0.4) is 0 Å². The Labute approximate surface area is 185 Å². The molecule has 0 saturated carbocycles. The zero-order chi connectivity index (χ0) is 22.3. The molecule has 1 N–H and O–H groups in total. The van der Waals surface area contributed by atoms with Crippen LogP contribution in [0.15, 0.2) is 63.9 Å². The average Bonchev–Trinajstić information content (AvgIpc) is 2.80. The molecule has 7 heteroatoms. The summed E-state index contributed by atoms with van der Waals surface area (Å²) in [5.74, 6) is 0.314. The van der Waals surface area contributed by atoms with E-state index >= 15 is 0 Å². The molecule has 0 radical (unpaired) electrons. The first-order chi connectivity index (χ1) is 15.4. The van der Waals surface area contributed by atoms with Crippen molar-refractivity contribution in [3.8, 4) is 5.75 Å². The van der Waals surface area contributed by atoms with Gasteiger partial charge >= 0.3 is 5.63 Å². The largest absolute Gasteiger partial charge is 0.479 e. The highest BCUT2D eigenvalue weighted by Crippen LogP contribution is 2.41. The van der Waals surface area contributed by atoms with Gasteiger partial charge in [0.2, 0.25) is 5.78 Å². The molecule has 0 aliphatic carbocycles.